The zero-order valence-corrected chi connectivity index (χ0v) is 15.1. The normalized spacial score (nSPS) is 28.1. The van der Waals surface area contributed by atoms with Crippen molar-refractivity contribution in [2.75, 3.05) is 13.2 Å². The van der Waals surface area contributed by atoms with Crippen molar-refractivity contribution in [2.45, 2.75) is 89.6 Å². The van der Waals surface area contributed by atoms with E-state index in [-0.39, 0.29) is 0 Å². The maximum absolute atomic E-state index is 6.22. The predicted molar refractivity (Wildman–Crippen MR) is 86.2 cm³/mol. The number of nitrogens with zero attached hydrogens (tertiary/aromatic N) is 1. The summed E-state index contributed by atoms with van der Waals surface area (Å²) < 4.78 is 6.22. The predicted octanol–water partition coefficient (Wildman–Crippen LogP) is 4.35. The van der Waals surface area contributed by atoms with E-state index in [4.69, 9.17) is 9.26 Å². The monoisotopic (exact) mass is 299 g/mol. The Labute approximate surface area is 126 Å². The Kier molecular flexibility index (Phi) is 5.33. The summed E-state index contributed by atoms with van der Waals surface area (Å²) in [6.45, 7) is 13.7. The highest BCUT2D eigenvalue weighted by Crippen LogP contribution is 2.36. The number of fused-ring (bicyclic) bond motifs is 1. The average Bonchev–Trinajstić information content (AvgIpc) is 2.87. The van der Waals surface area contributed by atoms with E-state index in [2.05, 4.69) is 38.9 Å². The fourth-order valence-electron chi connectivity index (χ4n) is 2.91. The van der Waals surface area contributed by atoms with E-state index in [1.54, 1.807) is 0 Å². The summed E-state index contributed by atoms with van der Waals surface area (Å²) in [6, 6.07) is 0.725. The second-order valence-electron chi connectivity index (χ2n) is 8.00. The van der Waals surface area contributed by atoms with Gasteiger partial charge in [-0.25, -0.2) is 0 Å². The molecule has 3 nitrogen and oxygen atoms in total. The van der Waals surface area contributed by atoms with Crippen LogP contribution in [-0.2, 0) is 9.26 Å². The molecule has 0 radical (unpaired) electrons. The summed E-state index contributed by atoms with van der Waals surface area (Å²) in [5.41, 5.74) is 0. The molecule has 0 saturated carbocycles. The lowest BCUT2D eigenvalue weighted by molar-refractivity contribution is -0.149. The van der Waals surface area contributed by atoms with E-state index in [0.29, 0.717) is 11.1 Å². The van der Waals surface area contributed by atoms with Gasteiger partial charge in [0.2, 0.25) is 0 Å². The van der Waals surface area contributed by atoms with E-state index in [1.807, 2.05) is 0 Å². The van der Waals surface area contributed by atoms with E-state index >= 15 is 0 Å². The number of hydrogen-bond donors (Lipinski definition) is 0. The van der Waals surface area contributed by atoms with Gasteiger partial charge in [-0.2, -0.15) is 5.06 Å². The summed E-state index contributed by atoms with van der Waals surface area (Å²) >= 11 is 0. The molecular formula is C16H33NO2Si. The van der Waals surface area contributed by atoms with Crippen molar-refractivity contribution >= 4 is 8.32 Å². The first-order valence-corrected chi connectivity index (χ1v) is 11.3. The zero-order valence-electron chi connectivity index (χ0n) is 14.1. The van der Waals surface area contributed by atoms with Gasteiger partial charge in [-0.05, 0) is 56.7 Å². The molecule has 0 amide bonds. The molecule has 0 aromatic rings. The van der Waals surface area contributed by atoms with Gasteiger partial charge in [0.1, 0.15) is 0 Å². The molecule has 2 atom stereocenters. The van der Waals surface area contributed by atoms with Crippen molar-refractivity contribution < 1.29 is 9.26 Å². The summed E-state index contributed by atoms with van der Waals surface area (Å²) in [7, 11) is -1.54. The van der Waals surface area contributed by atoms with Gasteiger partial charge in [-0.15, -0.1) is 0 Å². The molecule has 2 fully saturated rings. The lowest BCUT2D eigenvalue weighted by Crippen LogP contribution is -2.40. The molecule has 2 aliphatic heterocycles. The van der Waals surface area contributed by atoms with Gasteiger partial charge >= 0.3 is 0 Å². The summed E-state index contributed by atoms with van der Waals surface area (Å²) in [6.07, 6.45) is 8.00. The van der Waals surface area contributed by atoms with Gasteiger partial charge in [0, 0.05) is 19.2 Å². The van der Waals surface area contributed by atoms with Crippen LogP contribution in [0.5, 0.6) is 0 Å². The number of hydrogen-bond acceptors (Lipinski definition) is 3. The van der Waals surface area contributed by atoms with Crippen LogP contribution in [-0.4, -0.2) is 38.7 Å². The molecule has 2 saturated heterocycles. The molecule has 0 aromatic carbocycles. The quantitative estimate of drug-likeness (QED) is 0.538. The second-order valence-corrected chi connectivity index (χ2v) is 12.8. The Bertz CT molecular complexity index is 302. The highest BCUT2D eigenvalue weighted by molar-refractivity contribution is 6.74. The first-order chi connectivity index (χ1) is 9.29. The van der Waals surface area contributed by atoms with Crippen LogP contribution >= 0.6 is 0 Å². The molecule has 2 rings (SSSR count). The van der Waals surface area contributed by atoms with Gasteiger partial charge in [-0.1, -0.05) is 20.8 Å². The van der Waals surface area contributed by atoms with Crippen molar-refractivity contribution in [3.63, 3.8) is 0 Å². The molecule has 0 N–H and O–H groups in total. The topological polar surface area (TPSA) is 21.7 Å². The standard InChI is InChI=1S/C16H33NO2Si/c1-16(2,3)20(4,5)18-12-7-6-10-15-13-14-9-8-11-17(14)19-15/h14-15H,6-13H2,1-5H3/t14-,15-/m0/s1. The largest absolute Gasteiger partial charge is 0.417 e. The van der Waals surface area contributed by atoms with Crippen molar-refractivity contribution in [3.8, 4) is 0 Å². The molecular weight excluding hydrogens is 266 g/mol. The molecule has 0 unspecified atom stereocenters. The smallest absolute Gasteiger partial charge is 0.191 e. The lowest BCUT2D eigenvalue weighted by Gasteiger charge is -2.36. The van der Waals surface area contributed by atoms with Crippen LogP contribution in [0.4, 0.5) is 0 Å². The van der Waals surface area contributed by atoms with Crippen molar-refractivity contribution in [1.29, 1.82) is 0 Å². The summed E-state index contributed by atoms with van der Waals surface area (Å²) in [5, 5.41) is 2.56. The third-order valence-electron chi connectivity index (χ3n) is 5.33. The molecule has 0 spiro atoms. The fourth-order valence-corrected chi connectivity index (χ4v) is 4.00. The van der Waals surface area contributed by atoms with Gasteiger partial charge < -0.3 is 4.43 Å². The highest BCUT2D eigenvalue weighted by Gasteiger charge is 2.37. The van der Waals surface area contributed by atoms with E-state index in [0.717, 1.165) is 19.2 Å². The molecule has 2 heterocycles. The second kappa shape index (κ2) is 6.47. The molecule has 20 heavy (non-hydrogen) atoms. The van der Waals surface area contributed by atoms with Crippen LogP contribution in [0, 0.1) is 0 Å². The first kappa shape index (κ1) is 16.5. The maximum Gasteiger partial charge on any atom is 0.191 e. The molecule has 0 aliphatic carbocycles. The lowest BCUT2D eigenvalue weighted by atomic mass is 10.0. The Morgan fingerprint density at radius 3 is 2.65 bits per heavy atom. The SMILES string of the molecule is CC(C)(C)[Si](C)(C)OCCCC[C@H]1C[C@@H]2CCCN2O1. The van der Waals surface area contributed by atoms with Crippen LogP contribution in [0.25, 0.3) is 0 Å². The minimum Gasteiger partial charge on any atom is -0.417 e. The molecule has 4 heteroatoms. The Balaban J connectivity index is 1.56. The third-order valence-corrected chi connectivity index (χ3v) is 9.87. The highest BCUT2D eigenvalue weighted by atomic mass is 28.4. The average molecular weight is 300 g/mol. The van der Waals surface area contributed by atoms with Crippen molar-refractivity contribution in [3.05, 3.63) is 0 Å². The fraction of sp³-hybridized carbons (Fsp3) is 1.00. The van der Waals surface area contributed by atoms with Crippen LogP contribution in [0.15, 0.2) is 0 Å². The van der Waals surface area contributed by atoms with Gasteiger partial charge in [0.05, 0.1) is 6.10 Å². The molecule has 2 aliphatic rings. The zero-order chi connectivity index (χ0) is 14.8. The van der Waals surface area contributed by atoms with Gasteiger partial charge in [0.25, 0.3) is 0 Å². The maximum atomic E-state index is 6.22. The minimum atomic E-state index is -1.54. The van der Waals surface area contributed by atoms with E-state index in [1.165, 1.54) is 38.5 Å². The van der Waals surface area contributed by atoms with Crippen molar-refractivity contribution in [2.24, 2.45) is 0 Å². The van der Waals surface area contributed by atoms with E-state index < -0.39 is 8.32 Å². The molecule has 118 valence electrons. The van der Waals surface area contributed by atoms with Gasteiger partial charge in [0.15, 0.2) is 8.32 Å². The van der Waals surface area contributed by atoms with Crippen LogP contribution in [0.2, 0.25) is 18.1 Å². The van der Waals surface area contributed by atoms with Crippen LogP contribution < -0.4 is 0 Å². The summed E-state index contributed by atoms with van der Waals surface area (Å²) in [5.74, 6) is 0. The number of rotatable bonds is 6. The number of hydroxylamine groups is 2. The Hall–Kier alpha value is 0.0969. The Morgan fingerprint density at radius 1 is 1.25 bits per heavy atom. The minimum absolute atomic E-state index is 0.326. The summed E-state index contributed by atoms with van der Waals surface area (Å²) in [4.78, 5) is 5.99. The van der Waals surface area contributed by atoms with E-state index in [9.17, 15) is 0 Å². The first-order valence-electron chi connectivity index (χ1n) is 8.37. The Morgan fingerprint density at radius 2 is 2.00 bits per heavy atom. The van der Waals surface area contributed by atoms with Crippen molar-refractivity contribution in [1.82, 2.24) is 5.06 Å². The molecule has 0 aromatic heterocycles. The molecule has 0 bridgehead atoms. The van der Waals surface area contributed by atoms with Crippen LogP contribution in [0.3, 0.4) is 0 Å². The van der Waals surface area contributed by atoms with Crippen LogP contribution in [0.1, 0.15) is 59.3 Å². The van der Waals surface area contributed by atoms with Gasteiger partial charge in [-0.3, -0.25) is 4.84 Å². The number of unbranched alkanes of at least 4 members (excludes halogenated alkanes) is 1. The third kappa shape index (κ3) is 4.06.